The number of hydrogen-bond acceptors (Lipinski definition) is 2. The lowest BCUT2D eigenvalue weighted by Crippen LogP contribution is -2.45. The molecule has 92 valence electrons. The Kier molecular flexibility index (Phi) is 4.33. The normalized spacial score (nSPS) is 31.8. The summed E-state index contributed by atoms with van der Waals surface area (Å²) in [6.45, 7) is 5.97. The Bertz CT molecular complexity index is 268. The van der Waals surface area contributed by atoms with Gasteiger partial charge in [-0.05, 0) is 38.0 Å². The van der Waals surface area contributed by atoms with Crippen molar-refractivity contribution in [2.45, 2.75) is 46.1 Å². The molecule has 0 heterocycles. The molecule has 1 fully saturated rings. The molecular formula is C12H22N2O2. The average molecular weight is 226 g/mol. The average Bonchev–Trinajstić information content (AvgIpc) is 2.15. The summed E-state index contributed by atoms with van der Waals surface area (Å²) in [5.41, 5.74) is 5.11. The molecule has 0 aromatic heterocycles. The van der Waals surface area contributed by atoms with E-state index in [1.807, 2.05) is 0 Å². The van der Waals surface area contributed by atoms with Gasteiger partial charge >= 0.3 is 0 Å². The van der Waals surface area contributed by atoms with Crippen LogP contribution in [-0.4, -0.2) is 17.9 Å². The summed E-state index contributed by atoms with van der Waals surface area (Å²) < 4.78 is 0. The fraction of sp³-hybridized carbons (Fsp3) is 0.833. The maximum absolute atomic E-state index is 11.9. The largest absolute Gasteiger partial charge is 0.368 e. The first kappa shape index (κ1) is 13.0. The first-order valence-electron chi connectivity index (χ1n) is 5.99. The third-order valence-electron chi connectivity index (χ3n) is 3.33. The highest BCUT2D eigenvalue weighted by molar-refractivity contribution is 5.87. The van der Waals surface area contributed by atoms with Crippen LogP contribution >= 0.6 is 0 Å². The van der Waals surface area contributed by atoms with Crippen molar-refractivity contribution in [3.8, 4) is 0 Å². The maximum Gasteiger partial charge on any atom is 0.239 e. The van der Waals surface area contributed by atoms with Crippen LogP contribution in [0, 0.1) is 17.8 Å². The van der Waals surface area contributed by atoms with Gasteiger partial charge in [-0.1, -0.05) is 13.8 Å². The molecular weight excluding hydrogens is 204 g/mol. The Morgan fingerprint density at radius 3 is 2.12 bits per heavy atom. The van der Waals surface area contributed by atoms with Gasteiger partial charge in [-0.2, -0.15) is 0 Å². The molecule has 4 nitrogen and oxygen atoms in total. The first-order valence-corrected chi connectivity index (χ1v) is 5.99. The Morgan fingerprint density at radius 1 is 1.19 bits per heavy atom. The predicted molar refractivity (Wildman–Crippen MR) is 62.5 cm³/mol. The molecule has 0 aromatic rings. The zero-order valence-corrected chi connectivity index (χ0v) is 10.3. The molecule has 1 rings (SSSR count). The van der Waals surface area contributed by atoms with E-state index in [9.17, 15) is 9.59 Å². The van der Waals surface area contributed by atoms with E-state index in [2.05, 4.69) is 19.2 Å². The molecule has 0 saturated heterocycles. The van der Waals surface area contributed by atoms with E-state index in [0.29, 0.717) is 11.8 Å². The van der Waals surface area contributed by atoms with Crippen LogP contribution in [0.25, 0.3) is 0 Å². The standard InChI is InChI=1S/C12H22N2O2/c1-7-4-8(2)6-10(5-7)12(16)14-9(3)11(13)15/h7-10H,4-6H2,1-3H3,(H2,13,15)(H,14,16)/t7?,8?,9-,10?/m1/s1. The minimum absolute atomic E-state index is 0.0234. The molecule has 3 N–H and O–H groups in total. The van der Waals surface area contributed by atoms with Crippen LogP contribution in [-0.2, 0) is 9.59 Å². The third-order valence-corrected chi connectivity index (χ3v) is 3.33. The second kappa shape index (κ2) is 5.32. The number of primary amides is 1. The Hall–Kier alpha value is -1.06. The zero-order valence-electron chi connectivity index (χ0n) is 10.3. The number of nitrogens with one attached hydrogen (secondary N) is 1. The fourth-order valence-corrected chi connectivity index (χ4v) is 2.56. The summed E-state index contributed by atoms with van der Waals surface area (Å²) in [4.78, 5) is 22.7. The highest BCUT2D eigenvalue weighted by Gasteiger charge is 2.29. The van der Waals surface area contributed by atoms with Gasteiger partial charge in [0.25, 0.3) is 0 Å². The highest BCUT2D eigenvalue weighted by atomic mass is 16.2. The fourth-order valence-electron chi connectivity index (χ4n) is 2.56. The second-order valence-corrected chi connectivity index (χ2v) is 5.25. The summed E-state index contributed by atoms with van der Waals surface area (Å²) in [5, 5.41) is 2.68. The molecule has 4 heteroatoms. The van der Waals surface area contributed by atoms with Crippen molar-refractivity contribution in [1.82, 2.24) is 5.32 Å². The van der Waals surface area contributed by atoms with E-state index >= 15 is 0 Å². The molecule has 0 spiro atoms. The molecule has 0 aliphatic heterocycles. The summed E-state index contributed by atoms with van der Waals surface area (Å²) >= 11 is 0. The van der Waals surface area contributed by atoms with Crippen molar-refractivity contribution >= 4 is 11.8 Å². The van der Waals surface area contributed by atoms with Gasteiger partial charge in [-0.3, -0.25) is 9.59 Å². The topological polar surface area (TPSA) is 72.2 Å². The summed E-state index contributed by atoms with van der Waals surface area (Å²) in [6, 6.07) is -0.569. The lowest BCUT2D eigenvalue weighted by molar-refractivity contribution is -0.131. The van der Waals surface area contributed by atoms with Gasteiger partial charge in [0, 0.05) is 5.92 Å². The van der Waals surface area contributed by atoms with Crippen LogP contribution in [0.5, 0.6) is 0 Å². The number of nitrogens with two attached hydrogens (primary N) is 1. The van der Waals surface area contributed by atoms with E-state index in [4.69, 9.17) is 5.73 Å². The highest BCUT2D eigenvalue weighted by Crippen LogP contribution is 2.32. The lowest BCUT2D eigenvalue weighted by Gasteiger charge is -2.31. The van der Waals surface area contributed by atoms with Crippen molar-refractivity contribution < 1.29 is 9.59 Å². The Morgan fingerprint density at radius 2 is 1.69 bits per heavy atom. The third kappa shape index (κ3) is 3.51. The first-order chi connectivity index (χ1) is 7.40. The van der Waals surface area contributed by atoms with Gasteiger partial charge in [0.1, 0.15) is 6.04 Å². The molecule has 1 aliphatic carbocycles. The maximum atomic E-state index is 11.9. The molecule has 2 amide bonds. The minimum atomic E-state index is -0.569. The van der Waals surface area contributed by atoms with Crippen molar-refractivity contribution in [3.63, 3.8) is 0 Å². The quantitative estimate of drug-likeness (QED) is 0.755. The number of rotatable bonds is 3. The van der Waals surface area contributed by atoms with Crippen molar-refractivity contribution in [1.29, 1.82) is 0 Å². The summed E-state index contributed by atoms with van der Waals surface area (Å²) in [5.74, 6) is 0.710. The van der Waals surface area contributed by atoms with E-state index in [-0.39, 0.29) is 11.8 Å². The van der Waals surface area contributed by atoms with Gasteiger partial charge in [0.05, 0.1) is 0 Å². The van der Waals surface area contributed by atoms with E-state index in [0.717, 1.165) is 12.8 Å². The summed E-state index contributed by atoms with van der Waals surface area (Å²) in [6.07, 6.45) is 3.03. The van der Waals surface area contributed by atoms with Crippen LogP contribution < -0.4 is 11.1 Å². The number of carbonyl (C=O) groups is 2. The van der Waals surface area contributed by atoms with Crippen LogP contribution in [0.1, 0.15) is 40.0 Å². The molecule has 0 radical (unpaired) electrons. The molecule has 1 saturated carbocycles. The monoisotopic (exact) mass is 226 g/mol. The smallest absolute Gasteiger partial charge is 0.239 e. The van der Waals surface area contributed by atoms with Crippen LogP contribution in [0.4, 0.5) is 0 Å². The zero-order chi connectivity index (χ0) is 12.3. The SMILES string of the molecule is CC1CC(C)CC(C(=O)N[C@H](C)C(N)=O)C1. The van der Waals surface area contributed by atoms with Crippen molar-refractivity contribution in [2.24, 2.45) is 23.5 Å². The van der Waals surface area contributed by atoms with Gasteiger partial charge in [-0.25, -0.2) is 0 Å². The molecule has 0 bridgehead atoms. The molecule has 0 aromatic carbocycles. The molecule has 16 heavy (non-hydrogen) atoms. The Balaban J connectivity index is 2.50. The predicted octanol–water partition coefficient (Wildman–Crippen LogP) is 1.05. The number of hydrogen-bond donors (Lipinski definition) is 2. The minimum Gasteiger partial charge on any atom is -0.368 e. The van der Waals surface area contributed by atoms with Crippen molar-refractivity contribution in [2.75, 3.05) is 0 Å². The lowest BCUT2D eigenvalue weighted by atomic mass is 9.76. The van der Waals surface area contributed by atoms with Gasteiger partial charge in [-0.15, -0.1) is 0 Å². The number of amides is 2. The van der Waals surface area contributed by atoms with Gasteiger partial charge < -0.3 is 11.1 Å². The molecule has 1 aliphatic rings. The Labute approximate surface area is 97.0 Å². The van der Waals surface area contributed by atoms with Crippen LogP contribution in [0.2, 0.25) is 0 Å². The summed E-state index contributed by atoms with van der Waals surface area (Å²) in [7, 11) is 0. The van der Waals surface area contributed by atoms with E-state index in [1.54, 1.807) is 6.92 Å². The van der Waals surface area contributed by atoms with Crippen molar-refractivity contribution in [3.05, 3.63) is 0 Å². The molecule has 2 unspecified atom stereocenters. The van der Waals surface area contributed by atoms with Gasteiger partial charge in [0.2, 0.25) is 11.8 Å². The van der Waals surface area contributed by atoms with E-state index in [1.165, 1.54) is 6.42 Å². The van der Waals surface area contributed by atoms with E-state index < -0.39 is 11.9 Å². The van der Waals surface area contributed by atoms with Crippen LogP contribution in [0.3, 0.4) is 0 Å². The molecule has 3 atom stereocenters. The second-order valence-electron chi connectivity index (χ2n) is 5.25. The van der Waals surface area contributed by atoms with Gasteiger partial charge in [0.15, 0.2) is 0 Å². The number of carbonyl (C=O) groups excluding carboxylic acids is 2. The van der Waals surface area contributed by atoms with Crippen LogP contribution in [0.15, 0.2) is 0 Å².